The molecule has 1 aliphatic heterocycles. The summed E-state index contributed by atoms with van der Waals surface area (Å²) in [5, 5.41) is 12.8. The van der Waals surface area contributed by atoms with Crippen LogP contribution in [0, 0.1) is 0 Å². The fourth-order valence-corrected chi connectivity index (χ4v) is 1.62. The fraction of sp³-hybridized carbons (Fsp3) is 0.250. The number of carbonyl (C=O) groups is 3. The van der Waals surface area contributed by atoms with Crippen LogP contribution in [0.1, 0.15) is 23.2 Å². The Morgan fingerprint density at radius 2 is 2.11 bits per heavy atom. The van der Waals surface area contributed by atoms with Gasteiger partial charge in [-0.1, -0.05) is 0 Å². The number of fused-ring (bicyclic) bond motifs is 1. The van der Waals surface area contributed by atoms with Crippen molar-refractivity contribution in [1.82, 2.24) is 0 Å². The van der Waals surface area contributed by atoms with Crippen LogP contribution in [0.2, 0.25) is 0 Å². The van der Waals surface area contributed by atoms with Gasteiger partial charge in [-0.25, -0.2) is 0 Å². The zero-order valence-electron chi connectivity index (χ0n) is 9.39. The normalized spacial score (nSPS) is 13.2. The van der Waals surface area contributed by atoms with Gasteiger partial charge in [-0.3, -0.25) is 9.59 Å². The van der Waals surface area contributed by atoms with Gasteiger partial charge >= 0.3 is 0 Å². The Kier molecular flexibility index (Phi) is 3.27. The molecule has 1 N–H and O–H groups in total. The minimum Gasteiger partial charge on any atom is -0.550 e. The summed E-state index contributed by atoms with van der Waals surface area (Å²) in [5.41, 5.74) is 0.756. The molecule has 0 fully saturated rings. The van der Waals surface area contributed by atoms with E-state index < -0.39 is 5.97 Å². The van der Waals surface area contributed by atoms with Crippen molar-refractivity contribution in [3.05, 3.63) is 23.8 Å². The molecule has 1 aromatic rings. The molecule has 0 spiro atoms. The number of hydrogen-bond acceptors (Lipinski definition) is 5. The number of hydrogen-bond donors (Lipinski definition) is 1. The van der Waals surface area contributed by atoms with E-state index in [1.165, 1.54) is 12.1 Å². The fourth-order valence-electron chi connectivity index (χ4n) is 1.62. The first-order chi connectivity index (χ1) is 8.56. The van der Waals surface area contributed by atoms with Gasteiger partial charge in [0.2, 0.25) is 0 Å². The van der Waals surface area contributed by atoms with Gasteiger partial charge in [-0.15, -0.1) is 0 Å². The molecule has 1 amide bonds. The lowest BCUT2D eigenvalue weighted by Gasteiger charge is -2.18. The number of Topliss-reactive ketones (excluding diaryl/α,β-unsaturated/α-hetero) is 1. The molecule has 0 radical (unpaired) electrons. The van der Waals surface area contributed by atoms with Crippen LogP contribution < -0.4 is 15.2 Å². The SMILES string of the molecule is O=C([O-])CCC(=O)c1ccc2c(c1)NC(=O)CO2. The topological polar surface area (TPSA) is 95.5 Å². The maximum Gasteiger partial charge on any atom is 0.262 e. The third-order valence-electron chi connectivity index (χ3n) is 2.49. The molecule has 0 aliphatic carbocycles. The lowest BCUT2D eigenvalue weighted by Crippen LogP contribution is -2.25. The van der Waals surface area contributed by atoms with Crippen molar-refractivity contribution in [2.45, 2.75) is 12.8 Å². The summed E-state index contributed by atoms with van der Waals surface area (Å²) in [4.78, 5) is 33.1. The summed E-state index contributed by atoms with van der Waals surface area (Å²) >= 11 is 0. The van der Waals surface area contributed by atoms with Crippen molar-refractivity contribution in [3.63, 3.8) is 0 Å². The second kappa shape index (κ2) is 4.87. The highest BCUT2D eigenvalue weighted by Gasteiger charge is 2.17. The summed E-state index contributed by atoms with van der Waals surface area (Å²) in [6.45, 7) is -0.0506. The van der Waals surface area contributed by atoms with Gasteiger partial charge in [-0.05, 0) is 24.6 Å². The molecule has 1 heterocycles. The van der Waals surface area contributed by atoms with E-state index in [1.54, 1.807) is 6.07 Å². The number of nitrogens with one attached hydrogen (secondary N) is 1. The number of benzene rings is 1. The summed E-state index contributed by atoms with van der Waals surface area (Å²) < 4.78 is 5.14. The Hall–Kier alpha value is -2.37. The second-order valence-corrected chi connectivity index (χ2v) is 3.84. The number of ketones is 1. The van der Waals surface area contributed by atoms with Gasteiger partial charge in [0.25, 0.3) is 5.91 Å². The van der Waals surface area contributed by atoms with Crippen molar-refractivity contribution < 1.29 is 24.2 Å². The largest absolute Gasteiger partial charge is 0.550 e. The van der Waals surface area contributed by atoms with E-state index in [4.69, 9.17) is 4.74 Å². The quantitative estimate of drug-likeness (QED) is 0.740. The molecule has 0 saturated heterocycles. The third-order valence-corrected chi connectivity index (χ3v) is 2.49. The third kappa shape index (κ3) is 2.65. The Bertz CT molecular complexity index is 523. The van der Waals surface area contributed by atoms with Crippen LogP contribution in [-0.2, 0) is 9.59 Å². The van der Waals surface area contributed by atoms with Crippen LogP contribution in [0.3, 0.4) is 0 Å². The Morgan fingerprint density at radius 1 is 1.33 bits per heavy atom. The standard InChI is InChI=1S/C12H11NO5/c14-9(2-4-12(16)17)7-1-3-10-8(5-7)13-11(15)6-18-10/h1,3,5H,2,4,6H2,(H,13,15)(H,16,17)/p-1. The second-order valence-electron chi connectivity index (χ2n) is 3.84. The number of rotatable bonds is 4. The molecule has 0 aromatic heterocycles. The van der Waals surface area contributed by atoms with E-state index in [0.717, 1.165) is 0 Å². The average molecular weight is 248 g/mol. The lowest BCUT2D eigenvalue weighted by atomic mass is 10.1. The molecule has 2 rings (SSSR count). The molecule has 6 nitrogen and oxygen atoms in total. The number of carbonyl (C=O) groups excluding carboxylic acids is 3. The van der Waals surface area contributed by atoms with E-state index in [2.05, 4.69) is 5.32 Å². The predicted octanol–water partition coefficient (Wildman–Crippen LogP) is -0.270. The van der Waals surface area contributed by atoms with Crippen molar-refractivity contribution in [2.24, 2.45) is 0 Å². The highest BCUT2D eigenvalue weighted by atomic mass is 16.5. The van der Waals surface area contributed by atoms with Crippen molar-refractivity contribution in [3.8, 4) is 5.75 Å². The maximum atomic E-state index is 11.7. The van der Waals surface area contributed by atoms with Gasteiger partial charge < -0.3 is 20.0 Å². The van der Waals surface area contributed by atoms with Crippen LogP contribution in [0.5, 0.6) is 5.75 Å². The molecule has 0 unspecified atom stereocenters. The van der Waals surface area contributed by atoms with Gasteiger partial charge in [-0.2, -0.15) is 0 Å². The zero-order valence-corrected chi connectivity index (χ0v) is 9.39. The summed E-state index contributed by atoms with van der Waals surface area (Å²) in [7, 11) is 0. The number of aliphatic carboxylic acids is 1. The average Bonchev–Trinajstić information content (AvgIpc) is 2.34. The highest BCUT2D eigenvalue weighted by Crippen LogP contribution is 2.28. The van der Waals surface area contributed by atoms with Crippen LogP contribution >= 0.6 is 0 Å². The number of ether oxygens (including phenoxy) is 1. The van der Waals surface area contributed by atoms with Gasteiger partial charge in [0.05, 0.1) is 5.69 Å². The number of anilines is 1. The monoisotopic (exact) mass is 248 g/mol. The Morgan fingerprint density at radius 3 is 2.83 bits per heavy atom. The van der Waals surface area contributed by atoms with Gasteiger partial charge in [0, 0.05) is 18.0 Å². The smallest absolute Gasteiger partial charge is 0.262 e. The molecule has 1 aromatic carbocycles. The molecule has 94 valence electrons. The first-order valence-corrected chi connectivity index (χ1v) is 5.36. The number of carboxylic acid groups (broad SMARTS) is 1. The minimum absolute atomic E-state index is 0.0506. The van der Waals surface area contributed by atoms with Crippen LogP contribution in [0.25, 0.3) is 0 Å². The molecule has 6 heteroatoms. The minimum atomic E-state index is -1.27. The molecular formula is C12H10NO5-. The molecule has 18 heavy (non-hydrogen) atoms. The molecular weight excluding hydrogens is 238 g/mol. The van der Waals surface area contributed by atoms with E-state index in [-0.39, 0.29) is 31.1 Å². The Labute approximate surface area is 103 Å². The van der Waals surface area contributed by atoms with E-state index in [9.17, 15) is 19.5 Å². The summed E-state index contributed by atoms with van der Waals surface area (Å²) in [5.74, 6) is -1.38. The van der Waals surface area contributed by atoms with Crippen LogP contribution in [0.4, 0.5) is 5.69 Å². The van der Waals surface area contributed by atoms with Crippen molar-refractivity contribution in [1.29, 1.82) is 0 Å². The molecule has 0 saturated carbocycles. The summed E-state index contributed by atoms with van der Waals surface area (Å²) in [6, 6.07) is 4.58. The highest BCUT2D eigenvalue weighted by molar-refractivity contribution is 6.01. The van der Waals surface area contributed by atoms with Crippen LogP contribution in [-0.4, -0.2) is 24.3 Å². The lowest BCUT2D eigenvalue weighted by molar-refractivity contribution is -0.305. The Balaban J connectivity index is 2.15. The predicted molar refractivity (Wildman–Crippen MR) is 59.1 cm³/mol. The van der Waals surface area contributed by atoms with Crippen LogP contribution in [0.15, 0.2) is 18.2 Å². The van der Waals surface area contributed by atoms with Gasteiger partial charge in [0.15, 0.2) is 12.4 Å². The molecule has 1 aliphatic rings. The van der Waals surface area contributed by atoms with Crippen molar-refractivity contribution in [2.75, 3.05) is 11.9 Å². The van der Waals surface area contributed by atoms with E-state index in [1.807, 2.05) is 0 Å². The molecule has 0 bridgehead atoms. The summed E-state index contributed by atoms with van der Waals surface area (Å²) in [6.07, 6.45) is -0.450. The number of amides is 1. The van der Waals surface area contributed by atoms with Gasteiger partial charge in [0.1, 0.15) is 5.75 Å². The first-order valence-electron chi connectivity index (χ1n) is 5.36. The zero-order chi connectivity index (χ0) is 13.1. The van der Waals surface area contributed by atoms with E-state index in [0.29, 0.717) is 17.0 Å². The van der Waals surface area contributed by atoms with E-state index >= 15 is 0 Å². The molecule has 0 atom stereocenters. The maximum absolute atomic E-state index is 11.7. The first kappa shape index (κ1) is 12.1. The number of carboxylic acids is 1. The van der Waals surface area contributed by atoms with Crippen molar-refractivity contribution >= 4 is 23.3 Å².